The van der Waals surface area contributed by atoms with Gasteiger partial charge in [0, 0.05) is 61.4 Å². The zero-order chi connectivity index (χ0) is 25.8. The van der Waals surface area contributed by atoms with E-state index in [0.29, 0.717) is 60.2 Å². The molecule has 37 heavy (non-hydrogen) atoms. The van der Waals surface area contributed by atoms with E-state index in [1.165, 1.54) is 19.3 Å². The molecule has 0 bridgehead atoms. The van der Waals surface area contributed by atoms with E-state index in [9.17, 15) is 4.79 Å². The molecule has 10 heteroatoms. The van der Waals surface area contributed by atoms with Crippen molar-refractivity contribution < 1.29 is 4.79 Å². The number of fused-ring (bicyclic) bond motifs is 1. The number of carbonyl (C=O) groups is 1. The highest BCUT2D eigenvalue weighted by atomic mass is 35.5. The Morgan fingerprint density at radius 3 is 2.57 bits per heavy atom. The van der Waals surface area contributed by atoms with Gasteiger partial charge < -0.3 is 20.0 Å². The Hall–Kier alpha value is -2.68. The standard InChI is InChI=1S/C27H33Cl2N7O/c1-19(18-34-10-3-2-4-11-34)26(37)35-12-14-36(15-13-35)27-32-24-22(6-5-9-30-24)25(33-27)31-17-20-7-8-21(28)16-23(20)29/h5-9,16,19H,2-4,10-15,17-18H2,1H3,(H,30,31,32,33). The molecular formula is C27H33Cl2N7O. The largest absolute Gasteiger partial charge is 0.365 e. The fraction of sp³-hybridized carbons (Fsp3) is 0.481. The molecule has 2 aliphatic rings. The predicted molar refractivity (Wildman–Crippen MR) is 149 cm³/mol. The summed E-state index contributed by atoms with van der Waals surface area (Å²) in [7, 11) is 0. The molecule has 3 aromatic rings. The summed E-state index contributed by atoms with van der Waals surface area (Å²) in [4.78, 5) is 33.7. The number of likely N-dealkylation sites (tertiary alicyclic amines) is 1. The quantitative estimate of drug-likeness (QED) is 0.463. The van der Waals surface area contributed by atoms with Crippen molar-refractivity contribution in [2.24, 2.45) is 5.92 Å². The Bertz CT molecular complexity index is 1240. The summed E-state index contributed by atoms with van der Waals surface area (Å²) >= 11 is 12.4. The lowest BCUT2D eigenvalue weighted by molar-refractivity contribution is -0.136. The van der Waals surface area contributed by atoms with Gasteiger partial charge in [0.15, 0.2) is 5.65 Å². The van der Waals surface area contributed by atoms with Gasteiger partial charge in [0.1, 0.15) is 5.82 Å². The summed E-state index contributed by atoms with van der Waals surface area (Å²) in [6.45, 7) is 8.32. The minimum Gasteiger partial charge on any atom is -0.365 e. The van der Waals surface area contributed by atoms with Crippen molar-refractivity contribution in [1.82, 2.24) is 24.8 Å². The number of carbonyl (C=O) groups excluding carboxylic acids is 1. The van der Waals surface area contributed by atoms with E-state index < -0.39 is 0 Å². The number of nitrogens with zero attached hydrogens (tertiary/aromatic N) is 6. The summed E-state index contributed by atoms with van der Waals surface area (Å²) in [5.41, 5.74) is 1.56. The molecule has 8 nitrogen and oxygen atoms in total. The average Bonchev–Trinajstić information content (AvgIpc) is 2.92. The van der Waals surface area contributed by atoms with Crippen molar-refractivity contribution in [2.45, 2.75) is 32.7 Å². The molecule has 4 heterocycles. The zero-order valence-electron chi connectivity index (χ0n) is 21.2. The maximum atomic E-state index is 13.1. The topological polar surface area (TPSA) is 77.5 Å². The molecule has 1 atom stereocenters. The molecule has 1 aromatic carbocycles. The van der Waals surface area contributed by atoms with E-state index in [1.807, 2.05) is 29.2 Å². The van der Waals surface area contributed by atoms with Crippen LogP contribution in [0.3, 0.4) is 0 Å². The Morgan fingerprint density at radius 2 is 1.81 bits per heavy atom. The van der Waals surface area contributed by atoms with Gasteiger partial charge in [-0.15, -0.1) is 0 Å². The van der Waals surface area contributed by atoms with Crippen LogP contribution < -0.4 is 10.2 Å². The van der Waals surface area contributed by atoms with E-state index in [2.05, 4.69) is 27.0 Å². The van der Waals surface area contributed by atoms with Crippen molar-refractivity contribution in [1.29, 1.82) is 0 Å². The highest BCUT2D eigenvalue weighted by Crippen LogP contribution is 2.26. The van der Waals surface area contributed by atoms with Crippen molar-refractivity contribution in [3.63, 3.8) is 0 Å². The summed E-state index contributed by atoms with van der Waals surface area (Å²) in [6, 6.07) is 9.30. The maximum absolute atomic E-state index is 13.1. The van der Waals surface area contributed by atoms with E-state index >= 15 is 0 Å². The number of piperazine rings is 1. The van der Waals surface area contributed by atoms with E-state index in [4.69, 9.17) is 33.2 Å². The smallest absolute Gasteiger partial charge is 0.229 e. The number of nitrogens with one attached hydrogen (secondary N) is 1. The van der Waals surface area contributed by atoms with Crippen LogP contribution >= 0.6 is 23.2 Å². The molecule has 0 spiro atoms. The third-order valence-corrected chi connectivity index (χ3v) is 7.78. The summed E-state index contributed by atoms with van der Waals surface area (Å²) in [6.07, 6.45) is 5.52. The van der Waals surface area contributed by atoms with Crippen molar-refractivity contribution >= 4 is 51.9 Å². The van der Waals surface area contributed by atoms with Gasteiger partial charge in [-0.3, -0.25) is 4.79 Å². The maximum Gasteiger partial charge on any atom is 0.229 e. The molecule has 1 unspecified atom stereocenters. The number of hydrogen-bond donors (Lipinski definition) is 1. The fourth-order valence-electron chi connectivity index (χ4n) is 5.12. The van der Waals surface area contributed by atoms with E-state index in [0.717, 1.165) is 30.6 Å². The van der Waals surface area contributed by atoms with Gasteiger partial charge in [-0.25, -0.2) is 4.98 Å². The average molecular weight is 543 g/mol. The van der Waals surface area contributed by atoms with Crippen molar-refractivity contribution in [3.05, 3.63) is 52.1 Å². The van der Waals surface area contributed by atoms with Gasteiger partial charge in [0.25, 0.3) is 0 Å². The number of piperidine rings is 1. The Kier molecular flexibility index (Phi) is 8.27. The van der Waals surface area contributed by atoms with E-state index in [-0.39, 0.29) is 11.8 Å². The lowest BCUT2D eigenvalue weighted by Crippen LogP contribution is -2.51. The van der Waals surface area contributed by atoms with Crippen LogP contribution in [0.1, 0.15) is 31.7 Å². The van der Waals surface area contributed by atoms with Crippen molar-refractivity contribution in [3.8, 4) is 0 Å². The second kappa shape index (κ2) is 11.8. The number of hydrogen-bond acceptors (Lipinski definition) is 7. The highest BCUT2D eigenvalue weighted by Gasteiger charge is 2.28. The van der Waals surface area contributed by atoms with Gasteiger partial charge in [-0.05, 0) is 55.8 Å². The minimum absolute atomic E-state index is 0.0151. The van der Waals surface area contributed by atoms with Crippen LogP contribution in [0.4, 0.5) is 11.8 Å². The van der Waals surface area contributed by atoms with Crippen LogP contribution in [0.5, 0.6) is 0 Å². The molecular weight excluding hydrogens is 509 g/mol. The van der Waals surface area contributed by atoms with Gasteiger partial charge in [0.05, 0.1) is 5.39 Å². The number of rotatable bonds is 7. The van der Waals surface area contributed by atoms with Crippen LogP contribution in [0.15, 0.2) is 36.5 Å². The second-order valence-electron chi connectivity index (χ2n) is 9.91. The van der Waals surface area contributed by atoms with Crippen LogP contribution in [0.25, 0.3) is 11.0 Å². The number of pyridine rings is 1. The molecule has 0 aliphatic carbocycles. The third kappa shape index (κ3) is 6.25. The summed E-state index contributed by atoms with van der Waals surface area (Å²) in [5.74, 6) is 1.58. The first-order valence-electron chi connectivity index (χ1n) is 13.0. The molecule has 2 aromatic heterocycles. The zero-order valence-corrected chi connectivity index (χ0v) is 22.7. The first-order chi connectivity index (χ1) is 18.0. The Balaban J connectivity index is 1.25. The molecule has 0 radical (unpaired) electrons. The normalized spacial score (nSPS) is 17.7. The molecule has 2 aliphatic heterocycles. The lowest BCUT2D eigenvalue weighted by Gasteiger charge is -2.37. The summed E-state index contributed by atoms with van der Waals surface area (Å²) < 4.78 is 0. The molecule has 2 fully saturated rings. The first-order valence-corrected chi connectivity index (χ1v) is 13.8. The molecule has 1 amide bonds. The Morgan fingerprint density at radius 1 is 1.03 bits per heavy atom. The molecule has 196 valence electrons. The number of halogens is 2. The fourth-order valence-corrected chi connectivity index (χ4v) is 5.59. The van der Waals surface area contributed by atoms with Gasteiger partial charge >= 0.3 is 0 Å². The number of anilines is 2. The lowest BCUT2D eigenvalue weighted by atomic mass is 10.1. The van der Waals surface area contributed by atoms with Gasteiger partial charge in [0.2, 0.25) is 11.9 Å². The first kappa shape index (κ1) is 25.9. The van der Waals surface area contributed by atoms with E-state index in [1.54, 1.807) is 12.3 Å². The number of aromatic nitrogens is 3. The summed E-state index contributed by atoms with van der Waals surface area (Å²) in [5, 5.41) is 5.46. The predicted octanol–water partition coefficient (Wildman–Crippen LogP) is 4.71. The molecule has 5 rings (SSSR count). The third-order valence-electron chi connectivity index (χ3n) is 7.20. The van der Waals surface area contributed by atoms with Crippen molar-refractivity contribution in [2.75, 3.05) is 56.0 Å². The highest BCUT2D eigenvalue weighted by molar-refractivity contribution is 6.35. The monoisotopic (exact) mass is 541 g/mol. The van der Waals surface area contributed by atoms with Gasteiger partial charge in [-0.1, -0.05) is 42.6 Å². The second-order valence-corrected chi connectivity index (χ2v) is 10.8. The minimum atomic E-state index is 0.0151. The number of amides is 1. The molecule has 0 saturated carbocycles. The van der Waals surface area contributed by atoms with Crippen LogP contribution in [-0.2, 0) is 11.3 Å². The van der Waals surface area contributed by atoms with Crippen LogP contribution in [0, 0.1) is 5.92 Å². The van der Waals surface area contributed by atoms with Crippen LogP contribution in [-0.4, -0.2) is 76.5 Å². The van der Waals surface area contributed by atoms with Gasteiger partial charge in [-0.2, -0.15) is 9.97 Å². The molecule has 1 N–H and O–H groups in total. The Labute approximate surface area is 228 Å². The van der Waals surface area contributed by atoms with Crippen LogP contribution in [0.2, 0.25) is 10.0 Å². The SMILES string of the molecule is CC(CN1CCCCC1)C(=O)N1CCN(c2nc(NCc3ccc(Cl)cc3Cl)c3cccnc3n2)CC1. The molecule has 2 saturated heterocycles. The number of benzene rings is 1.